The highest BCUT2D eigenvalue weighted by Gasteiger charge is 2.12. The molecule has 5 nitrogen and oxygen atoms in total. The minimum absolute atomic E-state index is 0. The number of aryl methyl sites for hydroxylation is 1. The number of aromatic nitrogens is 1. The van der Waals surface area contributed by atoms with E-state index < -0.39 is 0 Å². The maximum atomic E-state index is 11.7. The molecule has 0 saturated heterocycles. The molecule has 0 aliphatic carbocycles. The van der Waals surface area contributed by atoms with E-state index in [0.29, 0.717) is 47.6 Å². The van der Waals surface area contributed by atoms with Crippen LogP contribution in [-0.2, 0) is 11.2 Å². The van der Waals surface area contributed by atoms with Crippen molar-refractivity contribution in [2.24, 2.45) is 11.7 Å². The third-order valence-electron chi connectivity index (χ3n) is 3.37. The number of halogens is 4. The Morgan fingerprint density at radius 2 is 2.08 bits per heavy atom. The van der Waals surface area contributed by atoms with E-state index in [1.165, 1.54) is 0 Å². The van der Waals surface area contributed by atoms with Gasteiger partial charge < -0.3 is 15.5 Å². The Morgan fingerprint density at radius 1 is 1.36 bits per heavy atom. The van der Waals surface area contributed by atoms with Crippen LogP contribution in [0.1, 0.15) is 19.2 Å². The average Bonchev–Trinajstić information content (AvgIpc) is 2.99. The summed E-state index contributed by atoms with van der Waals surface area (Å²) in [7, 11) is 0. The molecule has 1 atom stereocenters. The molecule has 140 valence electrons. The lowest BCUT2D eigenvalue weighted by molar-refractivity contribution is -0.121. The molecule has 9 heteroatoms. The van der Waals surface area contributed by atoms with Crippen molar-refractivity contribution in [2.75, 3.05) is 13.1 Å². The first-order valence-corrected chi connectivity index (χ1v) is 8.12. The van der Waals surface area contributed by atoms with E-state index in [1.807, 2.05) is 6.92 Å². The Labute approximate surface area is 169 Å². The van der Waals surface area contributed by atoms with Gasteiger partial charge in [-0.1, -0.05) is 30.1 Å². The van der Waals surface area contributed by atoms with Gasteiger partial charge >= 0.3 is 0 Å². The number of amides is 1. The Bertz CT molecular complexity index is 679. The fourth-order valence-corrected chi connectivity index (χ4v) is 2.42. The van der Waals surface area contributed by atoms with Gasteiger partial charge in [0.25, 0.3) is 0 Å². The first kappa shape index (κ1) is 24.0. The van der Waals surface area contributed by atoms with Crippen molar-refractivity contribution < 1.29 is 9.21 Å². The van der Waals surface area contributed by atoms with Gasteiger partial charge in [-0.05, 0) is 30.7 Å². The van der Waals surface area contributed by atoms with Crippen molar-refractivity contribution >= 4 is 53.9 Å². The normalized spacial score (nSPS) is 11.2. The number of benzene rings is 1. The number of nitrogens with zero attached hydrogens (tertiary/aromatic N) is 1. The molecule has 0 spiro atoms. The number of nitrogens with one attached hydrogen (secondary N) is 1. The number of carbonyl (C=O) groups is 1. The molecule has 0 fully saturated rings. The molecule has 0 aliphatic heterocycles. The third kappa shape index (κ3) is 7.42. The molecule has 2 rings (SSSR count). The molecule has 1 amide bonds. The molecule has 3 N–H and O–H groups in total. The van der Waals surface area contributed by atoms with Crippen molar-refractivity contribution in [1.82, 2.24) is 10.3 Å². The first-order valence-electron chi connectivity index (χ1n) is 7.36. The standard InChI is InChI=1S/C16H19Cl2N3O2.2ClH/c1-10(7-19)8-20-15(22)4-5-16-21-9-14(23-16)12-3-2-11(17)6-13(12)18;;/h2-3,6,9-10H,4-5,7-8,19H2,1H3,(H,20,22);2*1H. The molecule has 0 bridgehead atoms. The SMILES string of the molecule is CC(CN)CNC(=O)CCc1ncc(-c2ccc(Cl)cc2Cl)o1.Cl.Cl. The summed E-state index contributed by atoms with van der Waals surface area (Å²) < 4.78 is 5.65. The van der Waals surface area contributed by atoms with Crippen molar-refractivity contribution in [3.05, 3.63) is 40.3 Å². The van der Waals surface area contributed by atoms with E-state index in [1.54, 1.807) is 24.4 Å². The number of hydrogen-bond acceptors (Lipinski definition) is 4. The van der Waals surface area contributed by atoms with Gasteiger partial charge in [-0.2, -0.15) is 0 Å². The molecule has 1 aromatic heterocycles. The molecule has 0 saturated carbocycles. The lowest BCUT2D eigenvalue weighted by Crippen LogP contribution is -2.31. The average molecular weight is 429 g/mol. The highest BCUT2D eigenvalue weighted by Crippen LogP contribution is 2.30. The maximum Gasteiger partial charge on any atom is 0.220 e. The fraction of sp³-hybridized carbons (Fsp3) is 0.375. The number of carbonyl (C=O) groups excluding carboxylic acids is 1. The molecular weight excluding hydrogens is 408 g/mol. The summed E-state index contributed by atoms with van der Waals surface area (Å²) in [4.78, 5) is 15.9. The Hall–Kier alpha value is -0.980. The fourth-order valence-electron chi connectivity index (χ4n) is 1.92. The quantitative estimate of drug-likeness (QED) is 0.694. The zero-order valence-corrected chi connectivity index (χ0v) is 16.8. The summed E-state index contributed by atoms with van der Waals surface area (Å²) in [5, 5.41) is 3.88. The number of nitrogens with two attached hydrogens (primary N) is 1. The highest BCUT2D eigenvalue weighted by molar-refractivity contribution is 6.36. The van der Waals surface area contributed by atoms with E-state index in [9.17, 15) is 4.79 Å². The summed E-state index contributed by atoms with van der Waals surface area (Å²) in [6.45, 7) is 3.11. The van der Waals surface area contributed by atoms with E-state index in [-0.39, 0.29) is 36.6 Å². The van der Waals surface area contributed by atoms with Crippen molar-refractivity contribution in [3.8, 4) is 11.3 Å². The van der Waals surface area contributed by atoms with Gasteiger partial charge in [0.1, 0.15) is 0 Å². The van der Waals surface area contributed by atoms with Crippen LogP contribution in [0.3, 0.4) is 0 Å². The van der Waals surface area contributed by atoms with Crippen LogP contribution in [0.4, 0.5) is 0 Å². The van der Waals surface area contributed by atoms with Crippen LogP contribution in [0.25, 0.3) is 11.3 Å². The molecule has 0 radical (unpaired) electrons. The lowest BCUT2D eigenvalue weighted by atomic mass is 10.2. The van der Waals surface area contributed by atoms with Crippen LogP contribution >= 0.6 is 48.0 Å². The first-order chi connectivity index (χ1) is 11.0. The minimum Gasteiger partial charge on any atom is -0.441 e. The number of rotatable bonds is 7. The molecule has 0 aliphatic rings. The van der Waals surface area contributed by atoms with Crippen LogP contribution in [0.15, 0.2) is 28.8 Å². The van der Waals surface area contributed by atoms with E-state index in [4.69, 9.17) is 33.4 Å². The van der Waals surface area contributed by atoms with Crippen LogP contribution in [0, 0.1) is 5.92 Å². The van der Waals surface area contributed by atoms with E-state index in [2.05, 4.69) is 10.3 Å². The van der Waals surface area contributed by atoms with Crippen LogP contribution < -0.4 is 11.1 Å². The number of oxazole rings is 1. The maximum absolute atomic E-state index is 11.7. The summed E-state index contributed by atoms with van der Waals surface area (Å²) in [5.74, 6) is 1.26. The second-order valence-corrected chi connectivity index (χ2v) is 6.23. The second-order valence-electron chi connectivity index (χ2n) is 5.39. The topological polar surface area (TPSA) is 81.1 Å². The molecule has 1 heterocycles. The van der Waals surface area contributed by atoms with Gasteiger partial charge in [0.2, 0.25) is 5.91 Å². The predicted molar refractivity (Wildman–Crippen MR) is 106 cm³/mol. The molecule has 1 unspecified atom stereocenters. The second kappa shape index (κ2) is 11.6. The number of hydrogen-bond donors (Lipinski definition) is 2. The monoisotopic (exact) mass is 427 g/mol. The van der Waals surface area contributed by atoms with Gasteiger partial charge in [0.15, 0.2) is 11.7 Å². The van der Waals surface area contributed by atoms with Crippen molar-refractivity contribution in [1.29, 1.82) is 0 Å². The lowest BCUT2D eigenvalue weighted by Gasteiger charge is -2.09. The van der Waals surface area contributed by atoms with E-state index >= 15 is 0 Å². The van der Waals surface area contributed by atoms with Gasteiger partial charge in [0.05, 0.1) is 11.2 Å². The summed E-state index contributed by atoms with van der Waals surface area (Å²) in [6, 6.07) is 5.15. The summed E-state index contributed by atoms with van der Waals surface area (Å²) in [6.07, 6.45) is 2.33. The Kier molecular flexibility index (Phi) is 11.1. The smallest absolute Gasteiger partial charge is 0.220 e. The third-order valence-corrected chi connectivity index (χ3v) is 3.91. The van der Waals surface area contributed by atoms with Crippen molar-refractivity contribution in [3.63, 3.8) is 0 Å². The zero-order chi connectivity index (χ0) is 16.8. The Morgan fingerprint density at radius 3 is 2.72 bits per heavy atom. The molecule has 1 aromatic carbocycles. The zero-order valence-electron chi connectivity index (χ0n) is 13.6. The highest BCUT2D eigenvalue weighted by atomic mass is 35.5. The van der Waals surface area contributed by atoms with Crippen LogP contribution in [0.5, 0.6) is 0 Å². The molecule has 2 aromatic rings. The summed E-state index contributed by atoms with van der Waals surface area (Å²) in [5.41, 5.74) is 6.23. The van der Waals surface area contributed by atoms with Gasteiger partial charge in [-0.3, -0.25) is 4.79 Å². The Balaban J connectivity index is 0.00000288. The van der Waals surface area contributed by atoms with Gasteiger partial charge in [-0.25, -0.2) is 4.98 Å². The van der Waals surface area contributed by atoms with E-state index in [0.717, 1.165) is 5.56 Å². The van der Waals surface area contributed by atoms with Crippen LogP contribution in [-0.4, -0.2) is 24.0 Å². The summed E-state index contributed by atoms with van der Waals surface area (Å²) >= 11 is 12.0. The largest absolute Gasteiger partial charge is 0.441 e. The van der Waals surface area contributed by atoms with Crippen molar-refractivity contribution in [2.45, 2.75) is 19.8 Å². The minimum atomic E-state index is -0.0467. The van der Waals surface area contributed by atoms with Gasteiger partial charge in [-0.15, -0.1) is 24.8 Å². The molecular formula is C16H21Cl4N3O2. The molecule has 25 heavy (non-hydrogen) atoms. The van der Waals surface area contributed by atoms with Gasteiger partial charge in [0, 0.05) is 30.0 Å². The predicted octanol–water partition coefficient (Wildman–Crippen LogP) is 4.14. The van der Waals surface area contributed by atoms with Crippen LogP contribution in [0.2, 0.25) is 10.0 Å².